The third kappa shape index (κ3) is 3.94. The first-order valence-electron chi connectivity index (χ1n) is 6.07. The molecular weight excluding hydrogens is 200 g/mol. The van der Waals surface area contributed by atoms with Gasteiger partial charge in [0.15, 0.2) is 0 Å². The van der Waals surface area contributed by atoms with Crippen molar-refractivity contribution in [3.05, 3.63) is 18.0 Å². The molecule has 0 aliphatic rings. The Morgan fingerprint density at radius 1 is 1.44 bits per heavy atom. The molecule has 0 aromatic carbocycles. The Morgan fingerprint density at radius 3 is 2.75 bits per heavy atom. The zero-order chi connectivity index (χ0) is 12.0. The van der Waals surface area contributed by atoms with Crippen molar-refractivity contribution in [3.8, 4) is 0 Å². The Morgan fingerprint density at radius 2 is 2.19 bits per heavy atom. The molecule has 0 saturated carbocycles. The summed E-state index contributed by atoms with van der Waals surface area (Å²) >= 11 is 0. The molecule has 92 valence electrons. The Labute approximate surface area is 98.6 Å². The molecule has 1 heterocycles. The van der Waals surface area contributed by atoms with Gasteiger partial charge in [0, 0.05) is 30.9 Å². The molecule has 1 unspecified atom stereocenters. The molecule has 0 bridgehead atoms. The Bertz CT molecular complexity index is 293. The maximum absolute atomic E-state index is 4.37. The number of likely N-dealkylation sites (N-methyl/N-ethyl adjacent to an activating group) is 2. The van der Waals surface area contributed by atoms with Gasteiger partial charge in [0.25, 0.3) is 0 Å². The predicted molar refractivity (Wildman–Crippen MR) is 67.5 cm³/mol. The highest BCUT2D eigenvalue weighted by molar-refractivity contribution is 5.11. The van der Waals surface area contributed by atoms with Crippen LogP contribution in [0.15, 0.2) is 12.4 Å². The highest BCUT2D eigenvalue weighted by Gasteiger charge is 2.13. The monoisotopic (exact) mass is 224 g/mol. The van der Waals surface area contributed by atoms with Crippen molar-refractivity contribution in [3.63, 3.8) is 0 Å². The van der Waals surface area contributed by atoms with E-state index >= 15 is 0 Å². The molecule has 0 radical (unpaired) electrons. The van der Waals surface area contributed by atoms with E-state index in [1.54, 1.807) is 0 Å². The second-order valence-electron chi connectivity index (χ2n) is 4.41. The van der Waals surface area contributed by atoms with Crippen molar-refractivity contribution in [1.82, 2.24) is 20.0 Å². The number of hydrogen-bond acceptors (Lipinski definition) is 3. The summed E-state index contributed by atoms with van der Waals surface area (Å²) in [5, 5.41) is 7.87. The SMILES string of the molecule is CCCn1cc(C(CN(C)C)NCC)cn1. The van der Waals surface area contributed by atoms with E-state index in [-0.39, 0.29) is 0 Å². The molecule has 0 aliphatic heterocycles. The fraction of sp³-hybridized carbons (Fsp3) is 0.750. The van der Waals surface area contributed by atoms with Crippen molar-refractivity contribution < 1.29 is 0 Å². The molecular formula is C12H24N4. The number of rotatable bonds is 7. The van der Waals surface area contributed by atoms with Crippen LogP contribution in [-0.2, 0) is 6.54 Å². The van der Waals surface area contributed by atoms with Crippen LogP contribution in [0.1, 0.15) is 31.9 Å². The molecule has 0 fully saturated rings. The number of nitrogens with zero attached hydrogens (tertiary/aromatic N) is 3. The van der Waals surface area contributed by atoms with Crippen LogP contribution in [-0.4, -0.2) is 41.9 Å². The highest BCUT2D eigenvalue weighted by Crippen LogP contribution is 2.12. The van der Waals surface area contributed by atoms with Gasteiger partial charge in [0.2, 0.25) is 0 Å². The van der Waals surface area contributed by atoms with E-state index in [0.29, 0.717) is 6.04 Å². The van der Waals surface area contributed by atoms with Gasteiger partial charge in [-0.1, -0.05) is 13.8 Å². The standard InChI is InChI=1S/C12H24N4/c1-5-7-16-9-11(8-14-16)12(13-6-2)10-15(3)4/h8-9,12-13H,5-7,10H2,1-4H3. The minimum Gasteiger partial charge on any atom is -0.309 e. The first-order valence-corrected chi connectivity index (χ1v) is 6.07. The van der Waals surface area contributed by atoms with Crippen molar-refractivity contribution in [2.75, 3.05) is 27.2 Å². The largest absolute Gasteiger partial charge is 0.309 e. The molecule has 1 aromatic rings. The normalized spacial score (nSPS) is 13.3. The third-order valence-corrected chi connectivity index (χ3v) is 2.51. The van der Waals surface area contributed by atoms with Crippen molar-refractivity contribution in [1.29, 1.82) is 0 Å². The third-order valence-electron chi connectivity index (χ3n) is 2.51. The highest BCUT2D eigenvalue weighted by atomic mass is 15.3. The van der Waals surface area contributed by atoms with Crippen LogP contribution in [0.5, 0.6) is 0 Å². The summed E-state index contributed by atoms with van der Waals surface area (Å²) in [7, 11) is 4.20. The lowest BCUT2D eigenvalue weighted by atomic mass is 10.1. The van der Waals surface area contributed by atoms with Crippen LogP contribution in [0.4, 0.5) is 0 Å². The molecule has 1 aromatic heterocycles. The van der Waals surface area contributed by atoms with Crippen LogP contribution in [0.2, 0.25) is 0 Å². The zero-order valence-corrected chi connectivity index (χ0v) is 10.9. The van der Waals surface area contributed by atoms with Crippen molar-refractivity contribution in [2.24, 2.45) is 0 Å². The van der Waals surface area contributed by atoms with E-state index in [2.05, 4.69) is 49.5 Å². The van der Waals surface area contributed by atoms with Crippen molar-refractivity contribution in [2.45, 2.75) is 32.9 Å². The van der Waals surface area contributed by atoms with Gasteiger partial charge in [-0.25, -0.2) is 0 Å². The zero-order valence-electron chi connectivity index (χ0n) is 10.9. The summed E-state index contributed by atoms with van der Waals surface area (Å²) in [6.45, 7) is 7.30. The molecule has 0 saturated heterocycles. The van der Waals surface area contributed by atoms with Gasteiger partial charge >= 0.3 is 0 Å². The van der Waals surface area contributed by atoms with E-state index in [1.807, 2.05) is 10.9 Å². The lowest BCUT2D eigenvalue weighted by Gasteiger charge is -2.20. The smallest absolute Gasteiger partial charge is 0.0538 e. The van der Waals surface area contributed by atoms with E-state index < -0.39 is 0 Å². The molecule has 0 spiro atoms. The average molecular weight is 224 g/mol. The molecule has 4 heteroatoms. The van der Waals surface area contributed by atoms with Crippen LogP contribution in [0.3, 0.4) is 0 Å². The van der Waals surface area contributed by atoms with Gasteiger partial charge in [0.1, 0.15) is 0 Å². The summed E-state index contributed by atoms with van der Waals surface area (Å²) in [6, 6.07) is 0.380. The van der Waals surface area contributed by atoms with Crippen LogP contribution in [0, 0.1) is 0 Å². The molecule has 4 nitrogen and oxygen atoms in total. The van der Waals surface area contributed by atoms with Gasteiger partial charge in [-0.05, 0) is 27.1 Å². The lowest BCUT2D eigenvalue weighted by molar-refractivity contribution is 0.345. The summed E-state index contributed by atoms with van der Waals surface area (Å²) < 4.78 is 2.02. The van der Waals surface area contributed by atoms with Gasteiger partial charge in [-0.15, -0.1) is 0 Å². The molecule has 1 N–H and O–H groups in total. The fourth-order valence-electron chi connectivity index (χ4n) is 1.81. The molecule has 16 heavy (non-hydrogen) atoms. The first kappa shape index (κ1) is 13.2. The van der Waals surface area contributed by atoms with E-state index in [0.717, 1.165) is 26.1 Å². The van der Waals surface area contributed by atoms with E-state index in [9.17, 15) is 0 Å². The average Bonchev–Trinajstić information content (AvgIpc) is 2.66. The molecule has 1 rings (SSSR count). The number of nitrogens with one attached hydrogen (secondary N) is 1. The number of hydrogen-bond donors (Lipinski definition) is 1. The summed E-state index contributed by atoms with van der Waals surface area (Å²) in [6.07, 6.45) is 5.26. The molecule has 1 atom stereocenters. The van der Waals surface area contributed by atoms with Crippen LogP contribution >= 0.6 is 0 Å². The van der Waals surface area contributed by atoms with Gasteiger partial charge in [-0.2, -0.15) is 5.10 Å². The summed E-state index contributed by atoms with van der Waals surface area (Å²) in [4.78, 5) is 2.20. The van der Waals surface area contributed by atoms with Crippen LogP contribution < -0.4 is 5.32 Å². The minimum absolute atomic E-state index is 0.380. The number of aryl methyl sites for hydroxylation is 1. The Kier molecular flexibility index (Phi) is 5.49. The minimum atomic E-state index is 0.380. The fourth-order valence-corrected chi connectivity index (χ4v) is 1.81. The van der Waals surface area contributed by atoms with Crippen LogP contribution in [0.25, 0.3) is 0 Å². The Balaban J connectivity index is 2.67. The topological polar surface area (TPSA) is 33.1 Å². The second kappa shape index (κ2) is 6.66. The van der Waals surface area contributed by atoms with Gasteiger partial charge < -0.3 is 10.2 Å². The lowest BCUT2D eigenvalue weighted by Crippen LogP contribution is -2.30. The maximum Gasteiger partial charge on any atom is 0.0538 e. The molecule has 0 amide bonds. The maximum atomic E-state index is 4.37. The second-order valence-corrected chi connectivity index (χ2v) is 4.41. The predicted octanol–water partition coefficient (Wildman–Crippen LogP) is 1.51. The van der Waals surface area contributed by atoms with E-state index in [4.69, 9.17) is 0 Å². The number of aromatic nitrogens is 2. The summed E-state index contributed by atoms with van der Waals surface area (Å²) in [5.74, 6) is 0. The Hall–Kier alpha value is -0.870. The van der Waals surface area contributed by atoms with Gasteiger partial charge in [0.05, 0.1) is 6.20 Å². The summed E-state index contributed by atoms with van der Waals surface area (Å²) in [5.41, 5.74) is 1.28. The van der Waals surface area contributed by atoms with Crippen molar-refractivity contribution >= 4 is 0 Å². The van der Waals surface area contributed by atoms with E-state index in [1.165, 1.54) is 5.56 Å². The van der Waals surface area contributed by atoms with Gasteiger partial charge in [-0.3, -0.25) is 4.68 Å². The quantitative estimate of drug-likeness (QED) is 0.762. The first-order chi connectivity index (χ1) is 7.67. The molecule has 0 aliphatic carbocycles.